The summed E-state index contributed by atoms with van der Waals surface area (Å²) in [5.74, 6) is 0.972. The van der Waals surface area contributed by atoms with Gasteiger partial charge in [-0.25, -0.2) is 8.42 Å². The minimum Gasteiger partial charge on any atom is -0.497 e. The van der Waals surface area contributed by atoms with E-state index in [1.807, 2.05) is 0 Å². The molecule has 8 nitrogen and oxygen atoms in total. The molecule has 0 saturated carbocycles. The van der Waals surface area contributed by atoms with E-state index in [1.54, 1.807) is 37.3 Å². The Balaban J connectivity index is 1.73. The molecule has 0 aliphatic rings. The Morgan fingerprint density at radius 2 is 1.96 bits per heavy atom. The molecule has 3 aromatic rings. The molecule has 136 valence electrons. The van der Waals surface area contributed by atoms with E-state index in [0.29, 0.717) is 17.2 Å². The molecule has 2 aromatic heterocycles. The Morgan fingerprint density at radius 3 is 2.58 bits per heavy atom. The zero-order chi connectivity index (χ0) is 18.7. The molecule has 26 heavy (non-hydrogen) atoms. The van der Waals surface area contributed by atoms with Crippen molar-refractivity contribution in [3.8, 4) is 5.75 Å². The van der Waals surface area contributed by atoms with Gasteiger partial charge < -0.3 is 14.6 Å². The molecule has 0 unspecified atom stereocenters. The van der Waals surface area contributed by atoms with Crippen molar-refractivity contribution in [3.63, 3.8) is 0 Å². The van der Waals surface area contributed by atoms with Crippen LogP contribution in [0.1, 0.15) is 15.4 Å². The summed E-state index contributed by atoms with van der Waals surface area (Å²) in [5.41, 5.74) is 0.390. The molecule has 0 atom stereocenters. The summed E-state index contributed by atoms with van der Waals surface area (Å²) in [6, 6.07) is 9.33. The van der Waals surface area contributed by atoms with Gasteiger partial charge in [0.1, 0.15) is 11.5 Å². The molecule has 0 aliphatic carbocycles. The first-order valence-corrected chi connectivity index (χ1v) is 9.74. The Morgan fingerprint density at radius 1 is 1.23 bits per heavy atom. The number of amides is 1. The van der Waals surface area contributed by atoms with E-state index in [2.05, 4.69) is 15.2 Å². The number of rotatable bonds is 6. The highest BCUT2D eigenvalue weighted by Gasteiger charge is 2.19. The van der Waals surface area contributed by atoms with Crippen LogP contribution in [0.5, 0.6) is 5.75 Å². The molecule has 0 aliphatic heterocycles. The molecule has 0 spiro atoms. The average molecular weight is 393 g/mol. The Bertz CT molecular complexity index is 1020. The van der Waals surface area contributed by atoms with Crippen LogP contribution in [0.3, 0.4) is 0 Å². The summed E-state index contributed by atoms with van der Waals surface area (Å²) in [6.45, 7) is 1.70. The number of thiophene rings is 1. The van der Waals surface area contributed by atoms with E-state index < -0.39 is 15.9 Å². The molecule has 1 amide bonds. The van der Waals surface area contributed by atoms with Crippen LogP contribution in [-0.4, -0.2) is 26.6 Å². The quantitative estimate of drug-likeness (QED) is 0.666. The number of nitrogens with one attached hydrogen (secondary N) is 2. The standard InChI is InChI=1S/C16H15N3O5S2/c1-10-7-15(18-24-10)17-16(20)14-8-13(9-25-14)26(21,22)19-11-3-5-12(23-2)6-4-11/h3-9,19H,1-2H3,(H,17,18,20). The van der Waals surface area contributed by atoms with Gasteiger partial charge in [-0.05, 0) is 37.3 Å². The molecular weight excluding hydrogens is 378 g/mol. The smallest absolute Gasteiger partial charge is 0.267 e. The second kappa shape index (κ2) is 7.18. The molecule has 0 fully saturated rings. The van der Waals surface area contributed by atoms with Gasteiger partial charge in [0.25, 0.3) is 15.9 Å². The number of carbonyl (C=O) groups is 1. The maximum Gasteiger partial charge on any atom is 0.267 e. The fourth-order valence-corrected chi connectivity index (χ4v) is 4.28. The van der Waals surface area contributed by atoms with Gasteiger partial charge >= 0.3 is 0 Å². The van der Waals surface area contributed by atoms with Gasteiger partial charge in [-0.15, -0.1) is 11.3 Å². The third-order valence-electron chi connectivity index (χ3n) is 3.32. The molecule has 0 saturated heterocycles. The number of sulfonamides is 1. The number of benzene rings is 1. The molecular formula is C16H15N3O5S2. The Hall–Kier alpha value is -2.85. The first kappa shape index (κ1) is 18.0. The number of ether oxygens (including phenoxy) is 1. The number of hydrogen-bond acceptors (Lipinski definition) is 7. The SMILES string of the molecule is COc1ccc(NS(=O)(=O)c2csc(C(=O)Nc3cc(C)on3)c2)cc1. The van der Waals surface area contributed by atoms with E-state index in [1.165, 1.54) is 18.6 Å². The van der Waals surface area contributed by atoms with Crippen molar-refractivity contribution in [2.24, 2.45) is 0 Å². The van der Waals surface area contributed by atoms with E-state index in [-0.39, 0.29) is 15.6 Å². The summed E-state index contributed by atoms with van der Waals surface area (Å²) in [5, 5.41) is 7.60. The first-order valence-electron chi connectivity index (χ1n) is 7.37. The van der Waals surface area contributed by atoms with Gasteiger partial charge in [-0.3, -0.25) is 9.52 Å². The molecule has 3 rings (SSSR count). The predicted octanol–water partition coefficient (Wildman–Crippen LogP) is 3.11. The van der Waals surface area contributed by atoms with Crippen LogP contribution < -0.4 is 14.8 Å². The highest BCUT2D eigenvalue weighted by Crippen LogP contribution is 2.24. The lowest BCUT2D eigenvalue weighted by molar-refractivity contribution is 0.102. The van der Waals surface area contributed by atoms with Gasteiger partial charge in [0, 0.05) is 17.1 Å². The van der Waals surface area contributed by atoms with Gasteiger partial charge in [0.2, 0.25) is 0 Å². The number of aromatic nitrogens is 1. The second-order valence-electron chi connectivity index (χ2n) is 5.26. The Labute approximate surface area is 153 Å². The van der Waals surface area contributed by atoms with Crippen LogP contribution in [0.25, 0.3) is 0 Å². The zero-order valence-electron chi connectivity index (χ0n) is 13.8. The fraction of sp³-hybridized carbons (Fsp3) is 0.125. The lowest BCUT2D eigenvalue weighted by Crippen LogP contribution is -2.13. The predicted molar refractivity (Wildman–Crippen MR) is 97.3 cm³/mol. The molecule has 2 heterocycles. The molecule has 0 bridgehead atoms. The van der Waals surface area contributed by atoms with Crippen LogP contribution in [0.15, 0.2) is 51.2 Å². The second-order valence-corrected chi connectivity index (χ2v) is 7.85. The monoisotopic (exact) mass is 393 g/mol. The normalized spacial score (nSPS) is 11.2. The summed E-state index contributed by atoms with van der Waals surface area (Å²) in [7, 11) is -2.28. The van der Waals surface area contributed by atoms with E-state index in [9.17, 15) is 13.2 Å². The number of nitrogens with zero attached hydrogens (tertiary/aromatic N) is 1. The van der Waals surface area contributed by atoms with Crippen molar-refractivity contribution in [2.75, 3.05) is 17.1 Å². The van der Waals surface area contributed by atoms with E-state index >= 15 is 0 Å². The third-order valence-corrected chi connectivity index (χ3v) is 5.76. The Kier molecular flexibility index (Phi) is 4.96. The van der Waals surface area contributed by atoms with E-state index in [4.69, 9.17) is 9.26 Å². The largest absolute Gasteiger partial charge is 0.497 e. The number of anilines is 2. The molecule has 2 N–H and O–H groups in total. The van der Waals surface area contributed by atoms with Gasteiger partial charge in [-0.1, -0.05) is 5.16 Å². The number of methoxy groups -OCH3 is 1. The van der Waals surface area contributed by atoms with Crippen molar-refractivity contribution >= 4 is 38.8 Å². The van der Waals surface area contributed by atoms with Crippen LogP contribution in [0.4, 0.5) is 11.5 Å². The summed E-state index contributed by atoms with van der Waals surface area (Å²) < 4.78 is 37.3. The van der Waals surface area contributed by atoms with Gasteiger partial charge in [-0.2, -0.15) is 0 Å². The molecule has 1 aromatic carbocycles. The number of aryl methyl sites for hydroxylation is 1. The van der Waals surface area contributed by atoms with Crippen LogP contribution in [0, 0.1) is 6.92 Å². The van der Waals surface area contributed by atoms with Crippen LogP contribution in [0.2, 0.25) is 0 Å². The lowest BCUT2D eigenvalue weighted by Gasteiger charge is -2.07. The van der Waals surface area contributed by atoms with Gasteiger partial charge in [0.15, 0.2) is 5.82 Å². The molecule has 10 heteroatoms. The van der Waals surface area contributed by atoms with Crippen molar-refractivity contribution in [3.05, 3.63) is 52.4 Å². The molecule has 0 radical (unpaired) electrons. The zero-order valence-corrected chi connectivity index (χ0v) is 15.5. The first-order chi connectivity index (χ1) is 12.4. The van der Waals surface area contributed by atoms with E-state index in [0.717, 1.165) is 11.3 Å². The third kappa shape index (κ3) is 4.03. The highest BCUT2D eigenvalue weighted by atomic mass is 32.2. The summed E-state index contributed by atoms with van der Waals surface area (Å²) in [6.07, 6.45) is 0. The summed E-state index contributed by atoms with van der Waals surface area (Å²) in [4.78, 5) is 12.4. The number of hydrogen-bond donors (Lipinski definition) is 2. The minimum atomic E-state index is -3.81. The highest BCUT2D eigenvalue weighted by molar-refractivity contribution is 7.92. The summed E-state index contributed by atoms with van der Waals surface area (Å²) >= 11 is 1.02. The maximum absolute atomic E-state index is 12.5. The van der Waals surface area contributed by atoms with Crippen molar-refractivity contribution < 1.29 is 22.5 Å². The van der Waals surface area contributed by atoms with Crippen molar-refractivity contribution in [1.29, 1.82) is 0 Å². The van der Waals surface area contributed by atoms with Crippen LogP contribution in [-0.2, 0) is 10.0 Å². The lowest BCUT2D eigenvalue weighted by atomic mass is 10.3. The minimum absolute atomic E-state index is 0.000184. The van der Waals surface area contributed by atoms with Crippen molar-refractivity contribution in [1.82, 2.24) is 5.16 Å². The fourth-order valence-electron chi connectivity index (χ4n) is 2.06. The number of carbonyl (C=O) groups excluding carboxylic acids is 1. The van der Waals surface area contributed by atoms with Crippen LogP contribution >= 0.6 is 11.3 Å². The van der Waals surface area contributed by atoms with Crippen molar-refractivity contribution in [2.45, 2.75) is 11.8 Å². The topological polar surface area (TPSA) is 111 Å². The average Bonchev–Trinajstić information content (AvgIpc) is 3.25. The maximum atomic E-state index is 12.5. The van der Waals surface area contributed by atoms with Gasteiger partial charge in [0.05, 0.1) is 16.9 Å².